The Kier molecular flexibility index (Phi) is 5.10. The zero-order valence-corrected chi connectivity index (χ0v) is 14.4. The molecule has 110 valence electrons. The molecule has 2 aromatic heterocycles. The first kappa shape index (κ1) is 15.4. The van der Waals surface area contributed by atoms with Crippen molar-refractivity contribution in [1.82, 2.24) is 15.2 Å². The molecule has 0 aliphatic carbocycles. The molecule has 20 heavy (non-hydrogen) atoms. The molecule has 0 bridgehead atoms. The molecule has 0 radical (unpaired) electrons. The number of rotatable bonds is 6. The van der Waals surface area contributed by atoms with Crippen LogP contribution in [0, 0.1) is 5.92 Å². The molecule has 0 aliphatic rings. The lowest BCUT2D eigenvalue weighted by Crippen LogP contribution is -2.07. The summed E-state index contributed by atoms with van der Waals surface area (Å²) in [6.45, 7) is 11.8. The Morgan fingerprint density at radius 2 is 1.85 bits per heavy atom. The van der Waals surface area contributed by atoms with E-state index in [1.807, 2.05) is 0 Å². The summed E-state index contributed by atoms with van der Waals surface area (Å²) in [6, 6.07) is 0. The highest BCUT2D eigenvalue weighted by Gasteiger charge is 2.17. The minimum Gasteiger partial charge on any atom is -0.360 e. The Balaban J connectivity index is 2.22. The maximum atomic E-state index is 4.73. The molecule has 2 aromatic rings. The van der Waals surface area contributed by atoms with Gasteiger partial charge in [0.25, 0.3) is 0 Å². The van der Waals surface area contributed by atoms with Crippen molar-refractivity contribution in [3.63, 3.8) is 0 Å². The molecule has 2 heterocycles. The molecular formula is C14H22N4S2. The van der Waals surface area contributed by atoms with Gasteiger partial charge in [-0.2, -0.15) is 0 Å². The first-order valence-corrected chi connectivity index (χ1v) is 8.71. The fourth-order valence-corrected chi connectivity index (χ4v) is 3.70. The van der Waals surface area contributed by atoms with Crippen molar-refractivity contribution in [3.05, 3.63) is 10.7 Å². The van der Waals surface area contributed by atoms with Crippen LogP contribution < -0.4 is 5.32 Å². The van der Waals surface area contributed by atoms with Gasteiger partial charge in [-0.3, -0.25) is 0 Å². The monoisotopic (exact) mass is 310 g/mol. The molecule has 0 atom stereocenters. The third-order valence-electron chi connectivity index (χ3n) is 2.82. The van der Waals surface area contributed by atoms with Gasteiger partial charge in [0.05, 0.1) is 15.6 Å². The van der Waals surface area contributed by atoms with Crippen LogP contribution in [0.5, 0.6) is 0 Å². The molecular weight excluding hydrogens is 288 g/mol. The largest absolute Gasteiger partial charge is 0.360 e. The molecule has 0 saturated heterocycles. The average molecular weight is 310 g/mol. The zero-order valence-electron chi connectivity index (χ0n) is 12.7. The van der Waals surface area contributed by atoms with E-state index in [0.29, 0.717) is 11.8 Å². The highest BCUT2D eigenvalue weighted by molar-refractivity contribution is 7.23. The van der Waals surface area contributed by atoms with Gasteiger partial charge < -0.3 is 5.32 Å². The second-order valence-electron chi connectivity index (χ2n) is 5.52. The van der Waals surface area contributed by atoms with Gasteiger partial charge in [-0.05, 0) is 12.3 Å². The van der Waals surface area contributed by atoms with Crippen LogP contribution in [0.25, 0.3) is 9.88 Å². The van der Waals surface area contributed by atoms with Crippen LogP contribution in [0.15, 0.2) is 0 Å². The highest BCUT2D eigenvalue weighted by Crippen LogP contribution is 2.36. The zero-order chi connectivity index (χ0) is 14.7. The first-order valence-electron chi connectivity index (χ1n) is 7.08. The van der Waals surface area contributed by atoms with Crippen molar-refractivity contribution >= 4 is 27.8 Å². The Bertz CT molecular complexity index is 557. The van der Waals surface area contributed by atoms with E-state index in [-0.39, 0.29) is 0 Å². The molecule has 4 nitrogen and oxygen atoms in total. The molecule has 0 saturated carbocycles. The van der Waals surface area contributed by atoms with E-state index in [1.165, 1.54) is 9.88 Å². The summed E-state index contributed by atoms with van der Waals surface area (Å²) < 4.78 is 0. The van der Waals surface area contributed by atoms with Crippen LogP contribution in [-0.4, -0.2) is 21.7 Å². The molecule has 0 unspecified atom stereocenters. The number of nitrogens with one attached hydrogen (secondary N) is 1. The maximum absolute atomic E-state index is 4.73. The normalized spacial score (nSPS) is 11.6. The number of hydrogen-bond acceptors (Lipinski definition) is 6. The van der Waals surface area contributed by atoms with Gasteiger partial charge in [0.2, 0.25) is 5.13 Å². The quantitative estimate of drug-likeness (QED) is 0.858. The van der Waals surface area contributed by atoms with Crippen LogP contribution in [0.2, 0.25) is 0 Å². The van der Waals surface area contributed by atoms with Crippen LogP contribution in [0.4, 0.5) is 5.13 Å². The Hall–Kier alpha value is -1.01. The first-order chi connectivity index (χ1) is 9.51. The van der Waals surface area contributed by atoms with Crippen molar-refractivity contribution in [1.29, 1.82) is 0 Å². The third-order valence-corrected chi connectivity index (χ3v) is 5.26. The minimum absolute atomic E-state index is 0.463. The molecule has 2 rings (SSSR count). The Labute approximate surface area is 128 Å². The van der Waals surface area contributed by atoms with E-state index in [1.54, 1.807) is 22.7 Å². The fraction of sp³-hybridized carbons (Fsp3) is 0.643. The van der Waals surface area contributed by atoms with Crippen LogP contribution in [0.3, 0.4) is 0 Å². The molecule has 6 heteroatoms. The lowest BCUT2D eigenvalue weighted by Gasteiger charge is -2.03. The number of anilines is 1. The summed E-state index contributed by atoms with van der Waals surface area (Å²) in [5, 5.41) is 14.9. The number of nitrogens with zero attached hydrogens (tertiary/aromatic N) is 3. The van der Waals surface area contributed by atoms with Crippen LogP contribution in [0.1, 0.15) is 51.2 Å². The lowest BCUT2D eigenvalue weighted by molar-refractivity contribution is 0.687. The van der Waals surface area contributed by atoms with Crippen molar-refractivity contribution in [2.45, 2.75) is 47.0 Å². The number of aryl methyl sites for hydroxylation is 1. The van der Waals surface area contributed by atoms with E-state index < -0.39 is 0 Å². The summed E-state index contributed by atoms with van der Waals surface area (Å²) >= 11 is 3.37. The van der Waals surface area contributed by atoms with E-state index in [2.05, 4.69) is 50.1 Å². The summed E-state index contributed by atoms with van der Waals surface area (Å²) in [6.07, 6.45) is 0.937. The highest BCUT2D eigenvalue weighted by atomic mass is 32.1. The van der Waals surface area contributed by atoms with Gasteiger partial charge >= 0.3 is 0 Å². The second-order valence-corrected chi connectivity index (χ2v) is 7.53. The second kappa shape index (κ2) is 6.63. The van der Waals surface area contributed by atoms with Crippen molar-refractivity contribution in [3.8, 4) is 9.88 Å². The van der Waals surface area contributed by atoms with Gasteiger partial charge in [-0.1, -0.05) is 46.0 Å². The SMILES string of the molecule is CCc1nc(C(C)C)sc1-c1nnc(NCC(C)C)s1. The smallest absolute Gasteiger partial charge is 0.206 e. The fourth-order valence-electron chi connectivity index (χ4n) is 1.70. The molecule has 0 spiro atoms. The van der Waals surface area contributed by atoms with Crippen molar-refractivity contribution < 1.29 is 0 Å². The van der Waals surface area contributed by atoms with Gasteiger partial charge in [-0.25, -0.2) is 4.98 Å². The number of aromatic nitrogens is 3. The number of hydrogen-bond donors (Lipinski definition) is 1. The summed E-state index contributed by atoms with van der Waals surface area (Å²) in [5.74, 6) is 1.06. The molecule has 0 fully saturated rings. The van der Waals surface area contributed by atoms with Gasteiger partial charge in [0.1, 0.15) is 0 Å². The van der Waals surface area contributed by atoms with E-state index >= 15 is 0 Å². The summed E-state index contributed by atoms with van der Waals surface area (Å²) in [4.78, 5) is 5.91. The maximum Gasteiger partial charge on any atom is 0.206 e. The average Bonchev–Trinajstić information content (AvgIpc) is 3.02. The number of thiazole rings is 1. The van der Waals surface area contributed by atoms with E-state index in [0.717, 1.165) is 28.8 Å². The van der Waals surface area contributed by atoms with Crippen molar-refractivity contribution in [2.75, 3.05) is 11.9 Å². The third kappa shape index (κ3) is 3.55. The van der Waals surface area contributed by atoms with E-state index in [9.17, 15) is 0 Å². The molecule has 0 aliphatic heterocycles. The van der Waals surface area contributed by atoms with Crippen LogP contribution >= 0.6 is 22.7 Å². The minimum atomic E-state index is 0.463. The summed E-state index contributed by atoms with van der Waals surface area (Å²) in [7, 11) is 0. The van der Waals surface area contributed by atoms with Crippen LogP contribution in [-0.2, 0) is 6.42 Å². The summed E-state index contributed by atoms with van der Waals surface area (Å²) in [5.41, 5.74) is 1.14. The predicted molar refractivity (Wildman–Crippen MR) is 87.8 cm³/mol. The Morgan fingerprint density at radius 3 is 2.45 bits per heavy atom. The molecule has 1 N–H and O–H groups in total. The van der Waals surface area contributed by atoms with Gasteiger partial charge in [0.15, 0.2) is 5.01 Å². The predicted octanol–water partition coefficient (Wildman–Crippen LogP) is 4.42. The topological polar surface area (TPSA) is 50.7 Å². The van der Waals surface area contributed by atoms with Crippen molar-refractivity contribution in [2.24, 2.45) is 5.92 Å². The van der Waals surface area contributed by atoms with Gasteiger partial charge in [-0.15, -0.1) is 21.5 Å². The molecule has 0 aromatic carbocycles. The molecule has 0 amide bonds. The lowest BCUT2D eigenvalue weighted by atomic mass is 10.2. The van der Waals surface area contributed by atoms with Gasteiger partial charge in [0, 0.05) is 12.5 Å². The Morgan fingerprint density at radius 1 is 1.10 bits per heavy atom. The van der Waals surface area contributed by atoms with E-state index in [4.69, 9.17) is 4.98 Å². The standard InChI is InChI=1S/C14H22N4S2/c1-6-10-11(19-12(16-10)9(4)5)13-17-18-14(20-13)15-7-8(2)3/h8-9H,6-7H2,1-5H3,(H,15,18).